The van der Waals surface area contributed by atoms with Crippen LogP contribution in [0.15, 0.2) is 24.3 Å². The standard InChI is InChI=1S/C12H18FN/c1-8(2)12(9(3)14)10-4-6-11(13)7-5-10/h4-9,12H,14H2,1-3H3. The molecule has 0 amide bonds. The molecule has 0 spiro atoms. The summed E-state index contributed by atoms with van der Waals surface area (Å²) in [5.74, 6) is 0.581. The Labute approximate surface area is 85.1 Å². The van der Waals surface area contributed by atoms with E-state index in [1.54, 1.807) is 0 Å². The van der Waals surface area contributed by atoms with Crippen molar-refractivity contribution in [2.75, 3.05) is 0 Å². The zero-order valence-corrected chi connectivity index (χ0v) is 9.00. The molecular weight excluding hydrogens is 177 g/mol. The fourth-order valence-electron chi connectivity index (χ4n) is 1.98. The Morgan fingerprint density at radius 1 is 1.07 bits per heavy atom. The molecule has 0 aliphatic carbocycles. The fourth-order valence-corrected chi connectivity index (χ4v) is 1.98. The minimum atomic E-state index is -0.194. The molecule has 0 heterocycles. The van der Waals surface area contributed by atoms with Crippen LogP contribution in [0.2, 0.25) is 0 Å². The second-order valence-electron chi connectivity index (χ2n) is 4.18. The first-order valence-electron chi connectivity index (χ1n) is 5.03. The molecule has 14 heavy (non-hydrogen) atoms. The topological polar surface area (TPSA) is 26.0 Å². The monoisotopic (exact) mass is 195 g/mol. The van der Waals surface area contributed by atoms with E-state index in [0.717, 1.165) is 5.56 Å². The van der Waals surface area contributed by atoms with Gasteiger partial charge in [0.05, 0.1) is 0 Å². The van der Waals surface area contributed by atoms with Crippen molar-refractivity contribution in [1.82, 2.24) is 0 Å². The zero-order valence-electron chi connectivity index (χ0n) is 9.00. The number of rotatable bonds is 3. The van der Waals surface area contributed by atoms with Gasteiger partial charge in [0.1, 0.15) is 5.82 Å². The van der Waals surface area contributed by atoms with Gasteiger partial charge in [-0.25, -0.2) is 4.39 Å². The molecule has 2 heteroatoms. The smallest absolute Gasteiger partial charge is 0.123 e. The van der Waals surface area contributed by atoms with Crippen molar-refractivity contribution in [3.63, 3.8) is 0 Å². The van der Waals surface area contributed by atoms with Crippen molar-refractivity contribution in [3.8, 4) is 0 Å². The average Bonchev–Trinajstić information content (AvgIpc) is 2.07. The van der Waals surface area contributed by atoms with Gasteiger partial charge in [0.2, 0.25) is 0 Å². The van der Waals surface area contributed by atoms with Gasteiger partial charge in [-0.1, -0.05) is 26.0 Å². The van der Waals surface area contributed by atoms with Gasteiger partial charge in [-0.05, 0) is 30.5 Å². The summed E-state index contributed by atoms with van der Waals surface area (Å²) in [5.41, 5.74) is 7.04. The Kier molecular flexibility index (Phi) is 3.64. The minimum absolute atomic E-state index is 0.0976. The minimum Gasteiger partial charge on any atom is -0.327 e. The van der Waals surface area contributed by atoms with Gasteiger partial charge in [0.25, 0.3) is 0 Å². The van der Waals surface area contributed by atoms with Crippen LogP contribution >= 0.6 is 0 Å². The van der Waals surface area contributed by atoms with Crippen LogP contribution in [0.1, 0.15) is 32.3 Å². The van der Waals surface area contributed by atoms with Crippen LogP contribution in [-0.2, 0) is 0 Å². The van der Waals surface area contributed by atoms with Crippen LogP contribution in [0.5, 0.6) is 0 Å². The van der Waals surface area contributed by atoms with Gasteiger partial charge >= 0.3 is 0 Å². The van der Waals surface area contributed by atoms with Crippen molar-refractivity contribution < 1.29 is 4.39 Å². The SMILES string of the molecule is CC(C)C(c1ccc(F)cc1)C(C)N. The van der Waals surface area contributed by atoms with Crippen LogP contribution in [0.3, 0.4) is 0 Å². The molecule has 0 fully saturated rings. The summed E-state index contributed by atoms with van der Waals surface area (Å²) in [6.45, 7) is 6.27. The van der Waals surface area contributed by atoms with E-state index < -0.39 is 0 Å². The maximum absolute atomic E-state index is 12.7. The molecule has 0 saturated carbocycles. The number of hydrogen-bond acceptors (Lipinski definition) is 1. The maximum Gasteiger partial charge on any atom is 0.123 e. The summed E-state index contributed by atoms with van der Waals surface area (Å²) in [4.78, 5) is 0. The molecule has 0 aliphatic rings. The lowest BCUT2D eigenvalue weighted by Crippen LogP contribution is -2.28. The van der Waals surface area contributed by atoms with Crippen molar-refractivity contribution >= 4 is 0 Å². The van der Waals surface area contributed by atoms with Gasteiger partial charge in [-0.2, -0.15) is 0 Å². The van der Waals surface area contributed by atoms with E-state index in [9.17, 15) is 4.39 Å². The first kappa shape index (κ1) is 11.2. The van der Waals surface area contributed by atoms with Gasteiger partial charge in [-0.3, -0.25) is 0 Å². The molecule has 1 aromatic rings. The molecule has 2 atom stereocenters. The molecule has 78 valence electrons. The second kappa shape index (κ2) is 4.56. The Balaban J connectivity index is 2.94. The van der Waals surface area contributed by atoms with Crippen LogP contribution in [0, 0.1) is 11.7 Å². The summed E-state index contributed by atoms with van der Waals surface area (Å²) in [5, 5.41) is 0. The van der Waals surface area contributed by atoms with Crippen LogP contribution in [-0.4, -0.2) is 6.04 Å². The quantitative estimate of drug-likeness (QED) is 0.788. The van der Waals surface area contributed by atoms with Gasteiger partial charge < -0.3 is 5.73 Å². The van der Waals surface area contributed by atoms with E-state index >= 15 is 0 Å². The normalized spacial score (nSPS) is 15.6. The van der Waals surface area contributed by atoms with Gasteiger partial charge in [-0.15, -0.1) is 0 Å². The third-order valence-corrected chi connectivity index (χ3v) is 2.54. The van der Waals surface area contributed by atoms with Crippen LogP contribution < -0.4 is 5.73 Å². The lowest BCUT2D eigenvalue weighted by molar-refractivity contribution is 0.435. The lowest BCUT2D eigenvalue weighted by atomic mass is 9.83. The molecule has 1 aromatic carbocycles. The van der Waals surface area contributed by atoms with Crippen molar-refractivity contribution in [2.45, 2.75) is 32.7 Å². The Hall–Kier alpha value is -0.890. The molecule has 0 bridgehead atoms. The molecule has 1 rings (SSSR count). The molecule has 1 nitrogen and oxygen atoms in total. The Bertz CT molecular complexity index is 269. The van der Waals surface area contributed by atoms with Gasteiger partial charge in [0, 0.05) is 12.0 Å². The first-order chi connectivity index (χ1) is 6.52. The molecule has 0 radical (unpaired) electrons. The van der Waals surface area contributed by atoms with E-state index in [2.05, 4.69) is 13.8 Å². The predicted octanol–water partition coefficient (Wildman–Crippen LogP) is 2.91. The van der Waals surface area contributed by atoms with E-state index in [0.29, 0.717) is 11.8 Å². The number of nitrogens with two attached hydrogens (primary N) is 1. The Morgan fingerprint density at radius 3 is 1.93 bits per heavy atom. The predicted molar refractivity (Wildman–Crippen MR) is 57.6 cm³/mol. The molecule has 0 aliphatic heterocycles. The molecule has 2 unspecified atom stereocenters. The average molecular weight is 195 g/mol. The van der Waals surface area contributed by atoms with E-state index in [4.69, 9.17) is 5.73 Å². The largest absolute Gasteiger partial charge is 0.327 e. The van der Waals surface area contributed by atoms with Crippen LogP contribution in [0.25, 0.3) is 0 Å². The summed E-state index contributed by atoms with van der Waals surface area (Å²) >= 11 is 0. The summed E-state index contributed by atoms with van der Waals surface area (Å²) in [6, 6.07) is 6.73. The number of halogens is 1. The summed E-state index contributed by atoms with van der Waals surface area (Å²) in [7, 11) is 0. The summed E-state index contributed by atoms with van der Waals surface area (Å²) < 4.78 is 12.7. The fraction of sp³-hybridized carbons (Fsp3) is 0.500. The third-order valence-electron chi connectivity index (χ3n) is 2.54. The molecular formula is C12H18FN. The molecule has 0 aromatic heterocycles. The highest BCUT2D eigenvalue weighted by atomic mass is 19.1. The maximum atomic E-state index is 12.7. The lowest BCUT2D eigenvalue weighted by Gasteiger charge is -2.25. The van der Waals surface area contributed by atoms with Crippen molar-refractivity contribution in [3.05, 3.63) is 35.6 Å². The number of hydrogen-bond donors (Lipinski definition) is 1. The van der Waals surface area contributed by atoms with E-state index in [1.165, 1.54) is 12.1 Å². The second-order valence-corrected chi connectivity index (χ2v) is 4.18. The highest BCUT2D eigenvalue weighted by Crippen LogP contribution is 2.26. The first-order valence-corrected chi connectivity index (χ1v) is 5.03. The third kappa shape index (κ3) is 2.55. The molecule has 0 saturated heterocycles. The molecule has 2 N–H and O–H groups in total. The number of benzene rings is 1. The zero-order chi connectivity index (χ0) is 10.7. The van der Waals surface area contributed by atoms with Gasteiger partial charge in [0.15, 0.2) is 0 Å². The highest BCUT2D eigenvalue weighted by molar-refractivity contribution is 5.22. The van der Waals surface area contributed by atoms with Crippen LogP contribution in [0.4, 0.5) is 4.39 Å². The van der Waals surface area contributed by atoms with Crippen molar-refractivity contribution in [1.29, 1.82) is 0 Å². The van der Waals surface area contributed by atoms with E-state index in [-0.39, 0.29) is 11.9 Å². The van der Waals surface area contributed by atoms with E-state index in [1.807, 2.05) is 19.1 Å². The van der Waals surface area contributed by atoms with Crippen molar-refractivity contribution in [2.24, 2.45) is 11.7 Å². The summed E-state index contributed by atoms with van der Waals surface area (Å²) in [6.07, 6.45) is 0. The Morgan fingerprint density at radius 2 is 1.57 bits per heavy atom. The highest BCUT2D eigenvalue weighted by Gasteiger charge is 2.19.